The Bertz CT molecular complexity index is 587. The lowest BCUT2D eigenvalue weighted by molar-refractivity contribution is 0.184. The van der Waals surface area contributed by atoms with Crippen LogP contribution in [0.2, 0.25) is 0 Å². The molecule has 20 heavy (non-hydrogen) atoms. The van der Waals surface area contributed by atoms with Gasteiger partial charge in [-0.25, -0.2) is 4.39 Å². The fourth-order valence-electron chi connectivity index (χ4n) is 2.35. The highest BCUT2D eigenvalue weighted by Gasteiger charge is 2.33. The first-order chi connectivity index (χ1) is 9.67. The summed E-state index contributed by atoms with van der Waals surface area (Å²) in [6, 6.07) is 5.79. The average Bonchev–Trinajstić information content (AvgIpc) is 3.05. The second kappa shape index (κ2) is 5.18. The molecule has 6 nitrogen and oxygen atoms in total. The molecule has 2 heterocycles. The van der Waals surface area contributed by atoms with Gasteiger partial charge in [-0.2, -0.15) is 4.98 Å². The minimum Gasteiger partial charge on any atom is -0.394 e. The summed E-state index contributed by atoms with van der Waals surface area (Å²) in [6.07, 6.45) is -0.0570. The SMILES string of the molecule is OC[C@@H]1C[C@@H](O)CN1c1nc(-c2ccc(F)cc2)no1. The third-order valence-corrected chi connectivity index (χ3v) is 3.37. The van der Waals surface area contributed by atoms with Crippen molar-refractivity contribution >= 4 is 6.01 Å². The number of rotatable bonds is 3. The van der Waals surface area contributed by atoms with Crippen molar-refractivity contribution in [1.82, 2.24) is 10.1 Å². The lowest BCUT2D eigenvalue weighted by Gasteiger charge is -2.19. The number of aromatic nitrogens is 2. The largest absolute Gasteiger partial charge is 0.394 e. The highest BCUT2D eigenvalue weighted by molar-refractivity contribution is 5.55. The lowest BCUT2D eigenvalue weighted by atomic mass is 10.2. The van der Waals surface area contributed by atoms with Crippen LogP contribution in [0.15, 0.2) is 28.8 Å². The molecule has 2 N–H and O–H groups in total. The summed E-state index contributed by atoms with van der Waals surface area (Å²) >= 11 is 0. The molecular formula is C13H14FN3O3. The Morgan fingerprint density at radius 2 is 2.10 bits per heavy atom. The summed E-state index contributed by atoms with van der Waals surface area (Å²) in [6.45, 7) is 0.252. The summed E-state index contributed by atoms with van der Waals surface area (Å²) in [7, 11) is 0. The number of aliphatic hydroxyl groups is 2. The van der Waals surface area contributed by atoms with Crippen LogP contribution >= 0.6 is 0 Å². The van der Waals surface area contributed by atoms with E-state index in [1.54, 1.807) is 17.0 Å². The Hall–Kier alpha value is -1.99. The molecule has 1 aromatic carbocycles. The van der Waals surface area contributed by atoms with Gasteiger partial charge in [0.1, 0.15) is 5.82 Å². The summed E-state index contributed by atoms with van der Waals surface area (Å²) < 4.78 is 18.0. The molecule has 0 unspecified atom stereocenters. The Morgan fingerprint density at radius 3 is 2.80 bits per heavy atom. The lowest BCUT2D eigenvalue weighted by Crippen LogP contribution is -2.32. The second-order valence-electron chi connectivity index (χ2n) is 4.79. The molecule has 1 saturated heterocycles. The van der Waals surface area contributed by atoms with Gasteiger partial charge in [0.05, 0.1) is 18.8 Å². The number of nitrogens with zero attached hydrogens (tertiary/aromatic N) is 3. The topological polar surface area (TPSA) is 82.6 Å². The van der Waals surface area contributed by atoms with E-state index in [4.69, 9.17) is 4.52 Å². The van der Waals surface area contributed by atoms with Crippen molar-refractivity contribution in [3.8, 4) is 11.4 Å². The van der Waals surface area contributed by atoms with Gasteiger partial charge in [-0.05, 0) is 30.7 Å². The van der Waals surface area contributed by atoms with Gasteiger partial charge in [0, 0.05) is 12.1 Å². The van der Waals surface area contributed by atoms with Crippen LogP contribution in [0.25, 0.3) is 11.4 Å². The van der Waals surface area contributed by atoms with E-state index in [1.807, 2.05) is 0 Å². The van der Waals surface area contributed by atoms with Crippen molar-refractivity contribution in [2.45, 2.75) is 18.6 Å². The van der Waals surface area contributed by atoms with E-state index in [-0.39, 0.29) is 24.5 Å². The van der Waals surface area contributed by atoms with E-state index in [0.29, 0.717) is 24.4 Å². The first-order valence-electron chi connectivity index (χ1n) is 6.32. The van der Waals surface area contributed by atoms with Gasteiger partial charge in [0.25, 0.3) is 0 Å². The van der Waals surface area contributed by atoms with E-state index < -0.39 is 6.10 Å². The molecule has 1 aliphatic heterocycles. The maximum absolute atomic E-state index is 12.9. The predicted molar refractivity (Wildman–Crippen MR) is 68.5 cm³/mol. The van der Waals surface area contributed by atoms with E-state index >= 15 is 0 Å². The van der Waals surface area contributed by atoms with Crippen molar-refractivity contribution < 1.29 is 19.1 Å². The van der Waals surface area contributed by atoms with Crippen molar-refractivity contribution in [2.24, 2.45) is 0 Å². The minimum atomic E-state index is -0.520. The molecule has 0 spiro atoms. The Kier molecular flexibility index (Phi) is 3.37. The van der Waals surface area contributed by atoms with Crippen LogP contribution in [0, 0.1) is 5.82 Å². The monoisotopic (exact) mass is 279 g/mol. The Morgan fingerprint density at radius 1 is 1.35 bits per heavy atom. The van der Waals surface area contributed by atoms with Gasteiger partial charge in [-0.1, -0.05) is 5.16 Å². The van der Waals surface area contributed by atoms with Crippen molar-refractivity contribution in [3.05, 3.63) is 30.1 Å². The number of aliphatic hydroxyl groups excluding tert-OH is 2. The number of halogens is 1. The van der Waals surface area contributed by atoms with Gasteiger partial charge >= 0.3 is 6.01 Å². The summed E-state index contributed by atoms with van der Waals surface area (Å²) in [5.41, 5.74) is 0.640. The molecule has 0 radical (unpaired) electrons. The number of hydrogen-bond acceptors (Lipinski definition) is 6. The maximum atomic E-state index is 12.9. The predicted octanol–water partition coefficient (Wildman–Crippen LogP) is 0.808. The van der Waals surface area contributed by atoms with Crippen LogP contribution in [0.5, 0.6) is 0 Å². The molecule has 1 fully saturated rings. The summed E-state index contributed by atoms with van der Waals surface area (Å²) in [5.74, 6) is 0.0126. The molecule has 106 valence electrons. The first kappa shape index (κ1) is 13.0. The van der Waals surface area contributed by atoms with Crippen LogP contribution in [-0.2, 0) is 0 Å². The highest BCUT2D eigenvalue weighted by Crippen LogP contribution is 2.26. The summed E-state index contributed by atoms with van der Waals surface area (Å²) in [5, 5.41) is 22.8. The van der Waals surface area contributed by atoms with Crippen LogP contribution in [-0.4, -0.2) is 45.7 Å². The molecule has 3 rings (SSSR count). The smallest absolute Gasteiger partial charge is 0.324 e. The molecule has 2 atom stereocenters. The van der Waals surface area contributed by atoms with E-state index in [2.05, 4.69) is 10.1 Å². The Balaban J connectivity index is 1.85. The molecule has 1 aliphatic rings. The van der Waals surface area contributed by atoms with Gasteiger partial charge < -0.3 is 19.6 Å². The molecule has 2 aromatic rings. The minimum absolute atomic E-state index is 0.0919. The van der Waals surface area contributed by atoms with Gasteiger partial charge in [-0.15, -0.1) is 0 Å². The van der Waals surface area contributed by atoms with Crippen molar-refractivity contribution in [1.29, 1.82) is 0 Å². The third kappa shape index (κ3) is 2.37. The first-order valence-corrected chi connectivity index (χ1v) is 6.32. The second-order valence-corrected chi connectivity index (χ2v) is 4.79. The molecular weight excluding hydrogens is 265 g/mol. The number of anilines is 1. The van der Waals surface area contributed by atoms with Crippen LogP contribution in [0.3, 0.4) is 0 Å². The number of hydrogen-bond donors (Lipinski definition) is 2. The van der Waals surface area contributed by atoms with Crippen molar-refractivity contribution in [2.75, 3.05) is 18.1 Å². The standard InChI is InChI=1S/C13H14FN3O3/c14-9-3-1-8(2-4-9)12-15-13(20-16-12)17-6-11(19)5-10(17)7-18/h1-4,10-11,18-19H,5-7H2/t10-,11+/m0/s1. The van der Waals surface area contributed by atoms with Crippen LogP contribution < -0.4 is 4.90 Å². The molecule has 1 aromatic heterocycles. The molecule has 0 bridgehead atoms. The zero-order chi connectivity index (χ0) is 14.1. The molecule has 0 aliphatic carbocycles. The normalized spacial score (nSPS) is 22.4. The van der Waals surface area contributed by atoms with Gasteiger partial charge in [-0.3, -0.25) is 0 Å². The van der Waals surface area contributed by atoms with E-state index in [9.17, 15) is 14.6 Å². The fourth-order valence-corrected chi connectivity index (χ4v) is 2.35. The molecule has 0 saturated carbocycles. The van der Waals surface area contributed by atoms with Crippen LogP contribution in [0.1, 0.15) is 6.42 Å². The van der Waals surface area contributed by atoms with E-state index in [0.717, 1.165) is 0 Å². The van der Waals surface area contributed by atoms with Crippen LogP contribution in [0.4, 0.5) is 10.4 Å². The highest BCUT2D eigenvalue weighted by atomic mass is 19.1. The maximum Gasteiger partial charge on any atom is 0.324 e. The zero-order valence-electron chi connectivity index (χ0n) is 10.6. The van der Waals surface area contributed by atoms with Gasteiger partial charge in [0.15, 0.2) is 0 Å². The fraction of sp³-hybridized carbons (Fsp3) is 0.385. The molecule has 0 amide bonds. The number of benzene rings is 1. The molecule has 7 heteroatoms. The van der Waals surface area contributed by atoms with Crippen molar-refractivity contribution in [3.63, 3.8) is 0 Å². The third-order valence-electron chi connectivity index (χ3n) is 3.37. The quantitative estimate of drug-likeness (QED) is 0.865. The van der Waals surface area contributed by atoms with Gasteiger partial charge in [0.2, 0.25) is 5.82 Å². The number of β-amino-alcohol motifs (C(OH)–C–C–N with tert-alkyl or cyclic N) is 1. The summed E-state index contributed by atoms with van der Waals surface area (Å²) in [4.78, 5) is 5.91. The van der Waals surface area contributed by atoms with E-state index in [1.165, 1.54) is 12.1 Å². The average molecular weight is 279 g/mol. The Labute approximate surface area is 114 Å². The zero-order valence-corrected chi connectivity index (χ0v) is 10.6.